The van der Waals surface area contributed by atoms with Gasteiger partial charge in [-0.05, 0) is 12.1 Å². The maximum Gasteiger partial charge on any atom is 0.240 e. The molecule has 0 saturated carbocycles. The van der Waals surface area contributed by atoms with Crippen LogP contribution < -0.4 is 4.72 Å². The summed E-state index contributed by atoms with van der Waals surface area (Å²) in [5.41, 5.74) is 1.06. The molecule has 0 radical (unpaired) electrons. The smallest absolute Gasteiger partial charge is 0.240 e. The molecule has 7 heteroatoms. The lowest BCUT2D eigenvalue weighted by Gasteiger charge is -2.14. The second-order valence-corrected chi connectivity index (χ2v) is 8.42. The number of sulfonamides is 1. The van der Waals surface area contributed by atoms with Crippen LogP contribution in [0, 0.1) is 0 Å². The maximum absolute atomic E-state index is 12.0. The number of aromatic nitrogens is 2. The Hall–Kier alpha value is -1.31. The number of nitrogens with one attached hydrogen (secondary N) is 1. The molecule has 2 heterocycles. The van der Waals surface area contributed by atoms with Crippen LogP contribution >= 0.6 is 11.3 Å². The zero-order chi connectivity index (χ0) is 15.5. The van der Waals surface area contributed by atoms with Crippen LogP contribution in [0.4, 0.5) is 0 Å². The Balaban J connectivity index is 1.94. The zero-order valence-electron chi connectivity index (χ0n) is 12.3. The van der Waals surface area contributed by atoms with E-state index in [1.807, 2.05) is 5.38 Å². The molecule has 114 valence electrons. The Morgan fingerprint density at radius 1 is 1.24 bits per heavy atom. The van der Waals surface area contributed by atoms with Crippen molar-refractivity contribution in [2.45, 2.75) is 37.5 Å². The highest BCUT2D eigenvalue weighted by molar-refractivity contribution is 7.89. The fraction of sp³-hybridized carbons (Fsp3) is 0.429. The predicted molar refractivity (Wildman–Crippen MR) is 83.9 cm³/mol. The molecule has 2 aromatic rings. The Bertz CT molecular complexity index is 689. The normalized spacial score (nSPS) is 12.5. The number of hydrogen-bond donors (Lipinski definition) is 1. The summed E-state index contributed by atoms with van der Waals surface area (Å²) in [4.78, 5) is 8.59. The second kappa shape index (κ2) is 6.21. The van der Waals surface area contributed by atoms with Gasteiger partial charge in [-0.1, -0.05) is 20.8 Å². The number of rotatable bonds is 5. The van der Waals surface area contributed by atoms with Gasteiger partial charge in [0.1, 0.15) is 0 Å². The molecule has 0 saturated heterocycles. The molecular weight excluding hydrogens is 306 g/mol. The van der Waals surface area contributed by atoms with E-state index in [4.69, 9.17) is 0 Å². The van der Waals surface area contributed by atoms with Gasteiger partial charge in [-0.3, -0.25) is 4.98 Å². The van der Waals surface area contributed by atoms with Crippen molar-refractivity contribution in [2.75, 3.05) is 6.54 Å². The van der Waals surface area contributed by atoms with Crippen LogP contribution in [0.2, 0.25) is 0 Å². The Labute approximate surface area is 129 Å². The van der Waals surface area contributed by atoms with Gasteiger partial charge in [0.15, 0.2) is 0 Å². The first-order chi connectivity index (χ1) is 9.79. The highest BCUT2D eigenvalue weighted by Gasteiger charge is 2.18. The Kier molecular flexibility index (Phi) is 4.75. The number of pyridine rings is 1. The topological polar surface area (TPSA) is 72.0 Å². The van der Waals surface area contributed by atoms with Crippen LogP contribution in [-0.4, -0.2) is 24.9 Å². The van der Waals surface area contributed by atoms with Crippen molar-refractivity contribution in [3.63, 3.8) is 0 Å². The third-order valence-electron chi connectivity index (χ3n) is 2.91. The largest absolute Gasteiger partial charge is 0.265 e. The summed E-state index contributed by atoms with van der Waals surface area (Å²) in [6, 6.07) is 2.95. The van der Waals surface area contributed by atoms with E-state index in [1.165, 1.54) is 24.5 Å². The van der Waals surface area contributed by atoms with Crippen LogP contribution in [0.1, 0.15) is 31.5 Å². The average molecular weight is 325 g/mol. The van der Waals surface area contributed by atoms with Crippen LogP contribution in [0.3, 0.4) is 0 Å². The summed E-state index contributed by atoms with van der Waals surface area (Å²) >= 11 is 1.57. The standard InChI is InChI=1S/C14H19N3O2S2/c1-14(2,3)12-10-20-13(17-12)6-9-16-21(18,19)11-4-7-15-8-5-11/h4-5,7-8,10,16H,6,9H2,1-3H3. The highest BCUT2D eigenvalue weighted by Crippen LogP contribution is 2.23. The second-order valence-electron chi connectivity index (χ2n) is 5.71. The van der Waals surface area contributed by atoms with Crippen molar-refractivity contribution in [1.29, 1.82) is 0 Å². The van der Waals surface area contributed by atoms with Gasteiger partial charge in [0.25, 0.3) is 0 Å². The molecule has 0 aliphatic rings. The Morgan fingerprint density at radius 2 is 1.90 bits per heavy atom. The third-order valence-corrected chi connectivity index (χ3v) is 5.30. The minimum atomic E-state index is -3.47. The van der Waals surface area contributed by atoms with Crippen molar-refractivity contribution in [3.8, 4) is 0 Å². The van der Waals surface area contributed by atoms with E-state index in [9.17, 15) is 8.42 Å². The van der Waals surface area contributed by atoms with Crippen molar-refractivity contribution in [3.05, 3.63) is 40.6 Å². The molecule has 21 heavy (non-hydrogen) atoms. The molecule has 0 aliphatic heterocycles. The van der Waals surface area contributed by atoms with E-state index in [-0.39, 0.29) is 10.3 Å². The summed E-state index contributed by atoms with van der Waals surface area (Å²) in [6.45, 7) is 6.66. The summed E-state index contributed by atoms with van der Waals surface area (Å²) in [5.74, 6) is 0. The fourth-order valence-corrected chi connectivity index (χ4v) is 3.71. The molecular formula is C14H19N3O2S2. The summed E-state index contributed by atoms with van der Waals surface area (Å²) < 4.78 is 26.6. The minimum absolute atomic E-state index is 0.0191. The van der Waals surface area contributed by atoms with Gasteiger partial charge in [-0.2, -0.15) is 0 Å². The lowest BCUT2D eigenvalue weighted by Crippen LogP contribution is -2.26. The summed E-state index contributed by atoms with van der Waals surface area (Å²) in [5, 5.41) is 2.98. The quantitative estimate of drug-likeness (QED) is 0.916. The molecule has 2 rings (SSSR count). The van der Waals surface area contributed by atoms with Gasteiger partial charge in [-0.25, -0.2) is 18.1 Å². The van der Waals surface area contributed by atoms with E-state index in [2.05, 4.69) is 35.5 Å². The van der Waals surface area contributed by atoms with Crippen LogP contribution in [0.25, 0.3) is 0 Å². The van der Waals surface area contributed by atoms with E-state index in [0.717, 1.165) is 10.7 Å². The maximum atomic E-state index is 12.0. The first-order valence-electron chi connectivity index (χ1n) is 6.63. The highest BCUT2D eigenvalue weighted by atomic mass is 32.2. The molecule has 0 aliphatic carbocycles. The molecule has 0 bridgehead atoms. The molecule has 2 aromatic heterocycles. The van der Waals surface area contributed by atoms with Crippen molar-refractivity contribution < 1.29 is 8.42 Å². The number of thiazole rings is 1. The van der Waals surface area contributed by atoms with Crippen LogP contribution in [0.5, 0.6) is 0 Å². The molecule has 0 spiro atoms. The molecule has 0 unspecified atom stereocenters. The summed E-state index contributed by atoms with van der Waals surface area (Å²) in [7, 11) is -3.47. The van der Waals surface area contributed by atoms with Gasteiger partial charge >= 0.3 is 0 Å². The molecule has 0 atom stereocenters. The van der Waals surface area contributed by atoms with Gasteiger partial charge in [0.05, 0.1) is 15.6 Å². The number of hydrogen-bond acceptors (Lipinski definition) is 5. The van der Waals surface area contributed by atoms with Crippen molar-refractivity contribution >= 4 is 21.4 Å². The van der Waals surface area contributed by atoms with Crippen LogP contribution in [-0.2, 0) is 21.9 Å². The first-order valence-corrected chi connectivity index (χ1v) is 9.00. The molecule has 0 fully saturated rings. The Morgan fingerprint density at radius 3 is 2.48 bits per heavy atom. The summed E-state index contributed by atoms with van der Waals surface area (Å²) in [6.07, 6.45) is 3.51. The van der Waals surface area contributed by atoms with E-state index in [1.54, 1.807) is 11.3 Å². The third kappa shape index (κ3) is 4.33. The SMILES string of the molecule is CC(C)(C)c1csc(CCNS(=O)(=O)c2ccncc2)n1. The average Bonchev–Trinajstić information content (AvgIpc) is 2.88. The van der Waals surface area contributed by atoms with Gasteiger partial charge in [-0.15, -0.1) is 11.3 Å². The van der Waals surface area contributed by atoms with Gasteiger partial charge < -0.3 is 0 Å². The lowest BCUT2D eigenvalue weighted by molar-refractivity contribution is 0.569. The predicted octanol–water partition coefficient (Wildman–Crippen LogP) is 2.36. The monoisotopic (exact) mass is 325 g/mol. The number of nitrogens with zero attached hydrogens (tertiary/aromatic N) is 2. The van der Waals surface area contributed by atoms with Crippen LogP contribution in [0.15, 0.2) is 34.8 Å². The van der Waals surface area contributed by atoms with E-state index >= 15 is 0 Å². The molecule has 0 amide bonds. The van der Waals surface area contributed by atoms with E-state index in [0.29, 0.717) is 13.0 Å². The lowest BCUT2D eigenvalue weighted by atomic mass is 9.93. The fourth-order valence-electron chi connectivity index (χ4n) is 1.66. The molecule has 5 nitrogen and oxygen atoms in total. The first kappa shape index (κ1) is 16.1. The van der Waals surface area contributed by atoms with Gasteiger partial charge in [0.2, 0.25) is 10.0 Å². The molecule has 1 N–H and O–H groups in total. The zero-order valence-corrected chi connectivity index (χ0v) is 14.0. The minimum Gasteiger partial charge on any atom is -0.265 e. The molecule has 0 aromatic carbocycles. The van der Waals surface area contributed by atoms with Crippen molar-refractivity contribution in [1.82, 2.24) is 14.7 Å². The van der Waals surface area contributed by atoms with Gasteiger partial charge in [0, 0.05) is 36.2 Å². The van der Waals surface area contributed by atoms with E-state index < -0.39 is 10.0 Å². The van der Waals surface area contributed by atoms with Crippen molar-refractivity contribution in [2.24, 2.45) is 0 Å².